The summed E-state index contributed by atoms with van der Waals surface area (Å²) in [5.74, 6) is -0.554. The van der Waals surface area contributed by atoms with Gasteiger partial charge in [0, 0.05) is 5.56 Å². The number of rotatable bonds is 6. The molecule has 0 atom stereocenters. The number of phenolic OH excluding ortho intramolecular Hbond substituents is 1. The molecule has 0 fully saturated rings. The molecule has 130 valence electrons. The van der Waals surface area contributed by atoms with E-state index in [2.05, 4.69) is 31.8 Å². The Kier molecular flexibility index (Phi) is 6.53. The predicted molar refractivity (Wildman–Crippen MR) is 96.9 cm³/mol. The van der Waals surface area contributed by atoms with E-state index in [1.54, 1.807) is 42.5 Å². The highest BCUT2D eigenvalue weighted by atomic mass is 79.9. The van der Waals surface area contributed by atoms with Crippen LogP contribution in [0.25, 0.3) is 0 Å². The summed E-state index contributed by atoms with van der Waals surface area (Å²) in [6.45, 7) is -0.201. The van der Waals surface area contributed by atoms with Crippen LogP contribution in [0.4, 0.5) is 0 Å². The van der Waals surface area contributed by atoms with Gasteiger partial charge >= 0.3 is 0 Å². The summed E-state index contributed by atoms with van der Waals surface area (Å²) < 4.78 is 5.46. The van der Waals surface area contributed by atoms with Crippen molar-refractivity contribution in [2.45, 2.75) is 0 Å². The van der Waals surface area contributed by atoms with Gasteiger partial charge in [0.15, 0.2) is 11.5 Å². The molecule has 0 radical (unpaired) electrons. The van der Waals surface area contributed by atoms with Crippen molar-refractivity contribution in [3.05, 3.63) is 58.1 Å². The molecule has 2 aromatic carbocycles. The number of benzene rings is 2. The molecular formula is C17H16BrN3O4. The molecule has 0 aliphatic rings. The van der Waals surface area contributed by atoms with Gasteiger partial charge in [0.05, 0.1) is 24.3 Å². The molecule has 2 aromatic rings. The van der Waals surface area contributed by atoms with Gasteiger partial charge in [0.2, 0.25) is 0 Å². The zero-order valence-corrected chi connectivity index (χ0v) is 14.9. The maximum atomic E-state index is 11.8. The fourth-order valence-electron chi connectivity index (χ4n) is 1.89. The van der Waals surface area contributed by atoms with Crippen molar-refractivity contribution in [2.75, 3.05) is 13.7 Å². The Morgan fingerprint density at radius 3 is 2.68 bits per heavy atom. The second-order valence-electron chi connectivity index (χ2n) is 4.90. The van der Waals surface area contributed by atoms with Crippen molar-refractivity contribution in [3.8, 4) is 11.5 Å². The molecule has 0 unspecified atom stereocenters. The number of hydrogen-bond donors (Lipinski definition) is 3. The Morgan fingerprint density at radius 2 is 2.00 bits per heavy atom. The summed E-state index contributed by atoms with van der Waals surface area (Å²) in [5.41, 5.74) is 3.39. The second kappa shape index (κ2) is 8.84. The summed E-state index contributed by atoms with van der Waals surface area (Å²) in [4.78, 5) is 23.5. The van der Waals surface area contributed by atoms with Crippen LogP contribution in [-0.4, -0.2) is 36.8 Å². The number of methoxy groups -OCH3 is 1. The molecule has 0 heterocycles. The molecule has 3 N–H and O–H groups in total. The van der Waals surface area contributed by atoms with Crippen LogP contribution in [0.3, 0.4) is 0 Å². The van der Waals surface area contributed by atoms with Crippen LogP contribution in [0.1, 0.15) is 15.9 Å². The number of aromatic hydroxyl groups is 1. The average Bonchev–Trinajstić information content (AvgIpc) is 2.63. The minimum absolute atomic E-state index is 0.0210. The van der Waals surface area contributed by atoms with Crippen molar-refractivity contribution < 1.29 is 19.4 Å². The lowest BCUT2D eigenvalue weighted by Gasteiger charge is -2.06. The normalized spacial score (nSPS) is 10.5. The van der Waals surface area contributed by atoms with Gasteiger partial charge in [-0.2, -0.15) is 5.10 Å². The molecule has 0 saturated heterocycles. The van der Waals surface area contributed by atoms with Crippen LogP contribution in [0.15, 0.2) is 52.0 Å². The summed E-state index contributed by atoms with van der Waals surface area (Å²) in [7, 11) is 1.43. The fourth-order valence-corrected chi connectivity index (χ4v) is 2.35. The molecule has 2 amide bonds. The summed E-state index contributed by atoms with van der Waals surface area (Å²) in [5, 5.41) is 16.0. The molecule has 7 nitrogen and oxygen atoms in total. The van der Waals surface area contributed by atoms with E-state index in [1.165, 1.54) is 13.3 Å². The van der Waals surface area contributed by atoms with Gasteiger partial charge in [-0.25, -0.2) is 5.43 Å². The van der Waals surface area contributed by atoms with Crippen molar-refractivity contribution >= 4 is 34.0 Å². The quantitative estimate of drug-likeness (QED) is 0.505. The van der Waals surface area contributed by atoms with Crippen molar-refractivity contribution in [3.63, 3.8) is 0 Å². The Labute approximate surface area is 152 Å². The first kappa shape index (κ1) is 18.5. The van der Waals surface area contributed by atoms with E-state index in [-0.39, 0.29) is 24.0 Å². The molecule has 0 aliphatic carbocycles. The fraction of sp³-hybridized carbons (Fsp3) is 0.118. The molecule has 0 aliphatic heterocycles. The van der Waals surface area contributed by atoms with Gasteiger partial charge in [0.1, 0.15) is 0 Å². The number of phenols is 1. The van der Waals surface area contributed by atoms with E-state index in [0.29, 0.717) is 15.6 Å². The van der Waals surface area contributed by atoms with Crippen molar-refractivity contribution in [2.24, 2.45) is 5.10 Å². The van der Waals surface area contributed by atoms with Crippen LogP contribution in [0.2, 0.25) is 0 Å². The first-order chi connectivity index (χ1) is 12.0. The lowest BCUT2D eigenvalue weighted by atomic mass is 10.2. The largest absolute Gasteiger partial charge is 0.503 e. The number of ether oxygens (including phenoxy) is 1. The zero-order chi connectivity index (χ0) is 18.2. The second-order valence-corrected chi connectivity index (χ2v) is 5.75. The lowest BCUT2D eigenvalue weighted by Crippen LogP contribution is -2.34. The van der Waals surface area contributed by atoms with Crippen LogP contribution in [-0.2, 0) is 4.79 Å². The van der Waals surface area contributed by atoms with Gasteiger partial charge in [-0.05, 0) is 45.8 Å². The van der Waals surface area contributed by atoms with E-state index in [4.69, 9.17) is 4.74 Å². The first-order valence-electron chi connectivity index (χ1n) is 7.23. The van der Waals surface area contributed by atoms with Crippen LogP contribution in [0, 0.1) is 0 Å². The summed E-state index contributed by atoms with van der Waals surface area (Å²) >= 11 is 3.20. The molecule has 2 rings (SSSR count). The molecule has 0 aromatic heterocycles. The smallest absolute Gasteiger partial charge is 0.259 e. The summed E-state index contributed by atoms with van der Waals surface area (Å²) in [6, 6.07) is 11.8. The monoisotopic (exact) mass is 405 g/mol. The number of hydrazone groups is 1. The minimum atomic E-state index is -0.467. The van der Waals surface area contributed by atoms with Gasteiger partial charge in [-0.15, -0.1) is 0 Å². The molecule has 0 saturated carbocycles. The van der Waals surface area contributed by atoms with E-state index in [1.807, 2.05) is 0 Å². The molecular weight excluding hydrogens is 390 g/mol. The first-order valence-corrected chi connectivity index (χ1v) is 8.02. The topological polar surface area (TPSA) is 100 Å². The molecule has 25 heavy (non-hydrogen) atoms. The van der Waals surface area contributed by atoms with Gasteiger partial charge in [0.25, 0.3) is 11.8 Å². The van der Waals surface area contributed by atoms with Crippen molar-refractivity contribution in [1.29, 1.82) is 0 Å². The van der Waals surface area contributed by atoms with Gasteiger partial charge in [-0.1, -0.05) is 18.2 Å². The minimum Gasteiger partial charge on any atom is -0.503 e. The maximum Gasteiger partial charge on any atom is 0.259 e. The van der Waals surface area contributed by atoms with E-state index in [0.717, 1.165) is 0 Å². The number of hydrogen-bond acceptors (Lipinski definition) is 5. The molecule has 0 bridgehead atoms. The third-order valence-electron chi connectivity index (χ3n) is 3.12. The Hall–Kier alpha value is -2.87. The Morgan fingerprint density at radius 1 is 1.28 bits per heavy atom. The zero-order valence-electron chi connectivity index (χ0n) is 13.3. The highest BCUT2D eigenvalue weighted by molar-refractivity contribution is 9.10. The van der Waals surface area contributed by atoms with Crippen LogP contribution >= 0.6 is 15.9 Å². The Bertz CT molecular complexity index is 794. The van der Waals surface area contributed by atoms with E-state index < -0.39 is 5.91 Å². The third kappa shape index (κ3) is 5.32. The van der Waals surface area contributed by atoms with E-state index >= 15 is 0 Å². The van der Waals surface area contributed by atoms with Crippen LogP contribution < -0.4 is 15.5 Å². The predicted octanol–water partition coefficient (Wildman–Crippen LogP) is 2.04. The standard InChI is InChI=1S/C17H16BrN3O4/c1-25-14-8-11(7-13(18)16(14)23)9-20-21-15(22)10-19-17(24)12-5-3-2-4-6-12/h2-9,23H,10H2,1H3,(H,19,24)(H,21,22)/b20-9+. The van der Waals surface area contributed by atoms with Gasteiger partial charge in [-0.3, -0.25) is 9.59 Å². The SMILES string of the molecule is COc1cc(/C=N/NC(=O)CNC(=O)c2ccccc2)cc(Br)c1O. The molecule has 8 heteroatoms. The third-order valence-corrected chi connectivity index (χ3v) is 3.72. The number of carbonyl (C=O) groups is 2. The van der Waals surface area contributed by atoms with Gasteiger partial charge < -0.3 is 15.2 Å². The number of amides is 2. The maximum absolute atomic E-state index is 11.8. The van der Waals surface area contributed by atoms with Crippen LogP contribution in [0.5, 0.6) is 11.5 Å². The number of nitrogens with one attached hydrogen (secondary N) is 2. The number of carbonyl (C=O) groups excluding carboxylic acids is 2. The van der Waals surface area contributed by atoms with Crippen molar-refractivity contribution in [1.82, 2.24) is 10.7 Å². The highest BCUT2D eigenvalue weighted by Crippen LogP contribution is 2.34. The molecule has 0 spiro atoms. The Balaban J connectivity index is 1.86. The average molecular weight is 406 g/mol. The number of nitrogens with zero attached hydrogens (tertiary/aromatic N) is 1. The lowest BCUT2D eigenvalue weighted by molar-refractivity contribution is -0.120. The van der Waals surface area contributed by atoms with E-state index in [9.17, 15) is 14.7 Å². The number of halogens is 1. The highest BCUT2D eigenvalue weighted by Gasteiger charge is 2.08. The summed E-state index contributed by atoms with van der Waals surface area (Å²) in [6.07, 6.45) is 1.39.